The lowest BCUT2D eigenvalue weighted by Gasteiger charge is -2.31. The molecule has 0 bridgehead atoms. The molecule has 2 rings (SSSR count). The molecule has 1 aromatic rings. The van der Waals surface area contributed by atoms with Crippen molar-refractivity contribution in [3.63, 3.8) is 0 Å². The molecule has 2 atom stereocenters. The van der Waals surface area contributed by atoms with E-state index in [1.165, 1.54) is 25.7 Å². The van der Waals surface area contributed by atoms with Gasteiger partial charge >= 0.3 is 0 Å². The molecule has 0 aromatic carbocycles. The van der Waals surface area contributed by atoms with Crippen LogP contribution in [-0.4, -0.2) is 22.6 Å². The summed E-state index contributed by atoms with van der Waals surface area (Å²) in [5.41, 5.74) is 5.80. The van der Waals surface area contributed by atoms with E-state index in [0.717, 1.165) is 18.2 Å². The van der Waals surface area contributed by atoms with Crippen molar-refractivity contribution in [3.8, 4) is 0 Å². The standard InChI is InChI=1S/C12H20N4/c1-9-14-7-6-12(15-9)16-11-5-3-2-4-10(11)8-13/h6-7,10-11H,2-5,8,13H2,1H3,(H,14,15,16). The number of aromatic nitrogens is 2. The molecule has 1 saturated carbocycles. The van der Waals surface area contributed by atoms with Crippen molar-refractivity contribution in [1.82, 2.24) is 9.97 Å². The highest BCUT2D eigenvalue weighted by Crippen LogP contribution is 2.25. The van der Waals surface area contributed by atoms with E-state index in [0.29, 0.717) is 12.0 Å². The summed E-state index contributed by atoms with van der Waals surface area (Å²) in [4.78, 5) is 8.47. The zero-order chi connectivity index (χ0) is 11.4. The summed E-state index contributed by atoms with van der Waals surface area (Å²) in [7, 11) is 0. The van der Waals surface area contributed by atoms with Crippen molar-refractivity contribution in [3.05, 3.63) is 18.1 Å². The van der Waals surface area contributed by atoms with E-state index in [1.54, 1.807) is 6.20 Å². The fourth-order valence-corrected chi connectivity index (χ4v) is 2.41. The van der Waals surface area contributed by atoms with Gasteiger partial charge in [0.2, 0.25) is 0 Å². The minimum atomic E-state index is 0.480. The molecule has 0 aliphatic heterocycles. The van der Waals surface area contributed by atoms with Crippen molar-refractivity contribution < 1.29 is 0 Å². The van der Waals surface area contributed by atoms with Crippen LogP contribution < -0.4 is 11.1 Å². The fraction of sp³-hybridized carbons (Fsp3) is 0.667. The minimum Gasteiger partial charge on any atom is -0.367 e. The third-order valence-electron chi connectivity index (χ3n) is 3.32. The van der Waals surface area contributed by atoms with Crippen LogP contribution in [0.5, 0.6) is 0 Å². The molecule has 2 unspecified atom stereocenters. The maximum Gasteiger partial charge on any atom is 0.129 e. The summed E-state index contributed by atoms with van der Waals surface area (Å²) < 4.78 is 0. The quantitative estimate of drug-likeness (QED) is 0.814. The first-order chi connectivity index (χ1) is 7.79. The molecule has 1 aliphatic carbocycles. The molecule has 1 heterocycles. The summed E-state index contributed by atoms with van der Waals surface area (Å²) in [6, 6.07) is 2.41. The highest BCUT2D eigenvalue weighted by Gasteiger charge is 2.23. The second kappa shape index (κ2) is 5.25. The molecule has 3 N–H and O–H groups in total. The molecule has 16 heavy (non-hydrogen) atoms. The van der Waals surface area contributed by atoms with Gasteiger partial charge in [-0.25, -0.2) is 9.97 Å². The minimum absolute atomic E-state index is 0.480. The molecule has 88 valence electrons. The van der Waals surface area contributed by atoms with Crippen LogP contribution >= 0.6 is 0 Å². The van der Waals surface area contributed by atoms with Crippen molar-refractivity contribution in [2.75, 3.05) is 11.9 Å². The Labute approximate surface area is 96.7 Å². The van der Waals surface area contributed by atoms with Crippen molar-refractivity contribution in [2.45, 2.75) is 38.6 Å². The Morgan fingerprint density at radius 2 is 2.25 bits per heavy atom. The van der Waals surface area contributed by atoms with Gasteiger partial charge in [-0.3, -0.25) is 0 Å². The molecular weight excluding hydrogens is 200 g/mol. The predicted molar refractivity (Wildman–Crippen MR) is 65.2 cm³/mol. The lowest BCUT2D eigenvalue weighted by atomic mass is 9.84. The lowest BCUT2D eigenvalue weighted by Crippen LogP contribution is -2.37. The maximum absolute atomic E-state index is 5.80. The second-order valence-corrected chi connectivity index (χ2v) is 4.52. The van der Waals surface area contributed by atoms with E-state index in [9.17, 15) is 0 Å². The van der Waals surface area contributed by atoms with E-state index in [2.05, 4.69) is 15.3 Å². The molecule has 4 nitrogen and oxygen atoms in total. The van der Waals surface area contributed by atoms with E-state index in [4.69, 9.17) is 5.73 Å². The van der Waals surface area contributed by atoms with Gasteiger partial charge < -0.3 is 11.1 Å². The number of anilines is 1. The van der Waals surface area contributed by atoms with Crippen molar-refractivity contribution in [2.24, 2.45) is 11.7 Å². The molecule has 0 radical (unpaired) electrons. The average Bonchev–Trinajstić information content (AvgIpc) is 2.30. The summed E-state index contributed by atoms with van der Waals surface area (Å²) in [6.45, 7) is 2.67. The molecule has 1 fully saturated rings. The Balaban J connectivity index is 2.02. The molecule has 0 saturated heterocycles. The van der Waals surface area contributed by atoms with E-state index in [-0.39, 0.29) is 0 Å². The monoisotopic (exact) mass is 220 g/mol. The van der Waals surface area contributed by atoms with Gasteiger partial charge in [0.1, 0.15) is 11.6 Å². The molecular formula is C12H20N4. The summed E-state index contributed by atoms with van der Waals surface area (Å²) in [6.07, 6.45) is 6.83. The normalized spacial score (nSPS) is 25.4. The van der Waals surface area contributed by atoms with Crippen LogP contribution in [0.3, 0.4) is 0 Å². The third-order valence-corrected chi connectivity index (χ3v) is 3.32. The number of hydrogen-bond acceptors (Lipinski definition) is 4. The number of rotatable bonds is 3. The van der Waals surface area contributed by atoms with E-state index in [1.807, 2.05) is 13.0 Å². The van der Waals surface area contributed by atoms with Crippen molar-refractivity contribution in [1.29, 1.82) is 0 Å². The van der Waals surface area contributed by atoms with Gasteiger partial charge in [-0.05, 0) is 38.3 Å². The number of nitrogens with two attached hydrogens (primary N) is 1. The zero-order valence-electron chi connectivity index (χ0n) is 9.82. The maximum atomic E-state index is 5.80. The van der Waals surface area contributed by atoms with Crippen LogP contribution in [0.2, 0.25) is 0 Å². The molecule has 1 aliphatic rings. The highest BCUT2D eigenvalue weighted by molar-refractivity contribution is 5.34. The topological polar surface area (TPSA) is 63.8 Å². The smallest absolute Gasteiger partial charge is 0.129 e. The first kappa shape index (κ1) is 11.3. The Morgan fingerprint density at radius 1 is 1.44 bits per heavy atom. The van der Waals surface area contributed by atoms with Crippen LogP contribution in [0.15, 0.2) is 12.3 Å². The van der Waals surface area contributed by atoms with Gasteiger partial charge in [-0.1, -0.05) is 12.8 Å². The highest BCUT2D eigenvalue weighted by atomic mass is 15.0. The first-order valence-corrected chi connectivity index (χ1v) is 6.06. The van der Waals surface area contributed by atoms with Crippen LogP contribution in [0.4, 0.5) is 5.82 Å². The van der Waals surface area contributed by atoms with Crippen LogP contribution in [0.1, 0.15) is 31.5 Å². The number of nitrogens with zero attached hydrogens (tertiary/aromatic N) is 2. The Morgan fingerprint density at radius 3 is 3.00 bits per heavy atom. The van der Waals surface area contributed by atoms with E-state index < -0.39 is 0 Å². The average molecular weight is 220 g/mol. The second-order valence-electron chi connectivity index (χ2n) is 4.52. The largest absolute Gasteiger partial charge is 0.367 e. The van der Waals surface area contributed by atoms with Gasteiger partial charge in [-0.15, -0.1) is 0 Å². The SMILES string of the molecule is Cc1nccc(NC2CCCCC2CN)n1. The number of nitrogens with one attached hydrogen (secondary N) is 1. The number of aryl methyl sites for hydroxylation is 1. The molecule has 0 spiro atoms. The predicted octanol–water partition coefficient (Wildman–Crippen LogP) is 1.71. The summed E-state index contributed by atoms with van der Waals surface area (Å²) >= 11 is 0. The van der Waals surface area contributed by atoms with Crippen molar-refractivity contribution >= 4 is 5.82 Å². The lowest BCUT2D eigenvalue weighted by molar-refractivity contribution is 0.332. The van der Waals surface area contributed by atoms with Crippen LogP contribution in [0, 0.1) is 12.8 Å². The summed E-state index contributed by atoms with van der Waals surface area (Å²) in [5, 5.41) is 3.49. The Kier molecular flexibility index (Phi) is 3.72. The number of hydrogen-bond donors (Lipinski definition) is 2. The van der Waals surface area contributed by atoms with E-state index >= 15 is 0 Å². The zero-order valence-corrected chi connectivity index (χ0v) is 9.82. The molecule has 1 aromatic heterocycles. The Hall–Kier alpha value is -1.16. The van der Waals surface area contributed by atoms with Gasteiger partial charge in [0.25, 0.3) is 0 Å². The fourth-order valence-electron chi connectivity index (χ4n) is 2.41. The van der Waals surface area contributed by atoms with Crippen LogP contribution in [0.25, 0.3) is 0 Å². The third kappa shape index (κ3) is 2.70. The van der Waals surface area contributed by atoms with Gasteiger partial charge in [-0.2, -0.15) is 0 Å². The molecule has 0 amide bonds. The van der Waals surface area contributed by atoms with Gasteiger partial charge in [0.05, 0.1) is 0 Å². The van der Waals surface area contributed by atoms with Crippen LogP contribution in [-0.2, 0) is 0 Å². The van der Waals surface area contributed by atoms with Gasteiger partial charge in [0, 0.05) is 12.2 Å². The Bertz CT molecular complexity index is 340. The molecule has 4 heteroatoms. The van der Waals surface area contributed by atoms with Gasteiger partial charge in [0.15, 0.2) is 0 Å². The first-order valence-electron chi connectivity index (χ1n) is 6.06. The summed E-state index contributed by atoms with van der Waals surface area (Å²) in [5.74, 6) is 2.33.